The van der Waals surface area contributed by atoms with Crippen molar-refractivity contribution in [3.63, 3.8) is 0 Å². The summed E-state index contributed by atoms with van der Waals surface area (Å²) in [6, 6.07) is 17.7. The number of rotatable bonds is 6. The molecule has 166 valence electrons. The minimum absolute atomic E-state index is 0.000379. The van der Waals surface area contributed by atoms with Gasteiger partial charge in [0.1, 0.15) is 11.4 Å². The van der Waals surface area contributed by atoms with Crippen molar-refractivity contribution in [1.82, 2.24) is 20.2 Å². The molecule has 0 fully saturated rings. The van der Waals surface area contributed by atoms with Crippen LogP contribution >= 0.6 is 7.60 Å². The lowest BCUT2D eigenvalue weighted by Gasteiger charge is -2.18. The lowest BCUT2D eigenvalue weighted by molar-refractivity contribution is -0.116. The Kier molecular flexibility index (Phi) is 6.23. The number of amides is 1. The van der Waals surface area contributed by atoms with E-state index in [-0.39, 0.29) is 16.8 Å². The smallest absolute Gasteiger partial charge is 0.356 e. The summed E-state index contributed by atoms with van der Waals surface area (Å²) in [7, 11) is -4.42. The predicted molar refractivity (Wildman–Crippen MR) is 120 cm³/mol. The molecule has 0 aliphatic carbocycles. The van der Waals surface area contributed by atoms with Crippen LogP contribution in [0.1, 0.15) is 17.0 Å². The first-order valence-electron chi connectivity index (χ1n) is 9.69. The molecule has 0 saturated heterocycles. The molecule has 0 saturated carbocycles. The molecule has 4 aromatic rings. The van der Waals surface area contributed by atoms with Crippen LogP contribution < -0.4 is 10.6 Å². The van der Waals surface area contributed by atoms with Crippen molar-refractivity contribution in [1.29, 1.82) is 0 Å². The number of hydrogen-bond donors (Lipinski definition) is 4. The van der Waals surface area contributed by atoms with Crippen LogP contribution in [0.2, 0.25) is 0 Å². The fraction of sp³-hybridized carbons (Fsp3) is 0.0455. The first kappa shape index (κ1) is 22.2. The first-order chi connectivity index (χ1) is 15.8. The van der Waals surface area contributed by atoms with Crippen molar-refractivity contribution in [3.05, 3.63) is 90.3 Å². The highest BCUT2D eigenvalue weighted by Crippen LogP contribution is 2.34. The SMILES string of the molecule is O=C(Nc1cnc(-c2cccnn2)nc1O)C(c1ccccc1)c1ccc(P(=O)(O)O)cc1. The van der Waals surface area contributed by atoms with E-state index in [1.807, 2.05) is 0 Å². The van der Waals surface area contributed by atoms with Gasteiger partial charge in [0.25, 0.3) is 0 Å². The predicted octanol–water partition coefficient (Wildman–Crippen LogP) is 2.21. The molecule has 2 heterocycles. The molecule has 1 amide bonds. The van der Waals surface area contributed by atoms with E-state index in [0.717, 1.165) is 0 Å². The number of nitrogens with one attached hydrogen (secondary N) is 1. The van der Waals surface area contributed by atoms with Crippen LogP contribution in [0.4, 0.5) is 5.69 Å². The number of aromatic nitrogens is 4. The number of carbonyl (C=O) groups excluding carboxylic acids is 1. The van der Waals surface area contributed by atoms with Gasteiger partial charge in [0.2, 0.25) is 11.8 Å². The van der Waals surface area contributed by atoms with Crippen molar-refractivity contribution in [2.75, 3.05) is 5.32 Å². The molecule has 4 rings (SSSR count). The van der Waals surface area contributed by atoms with Crippen molar-refractivity contribution < 1.29 is 24.3 Å². The van der Waals surface area contributed by atoms with E-state index in [9.17, 15) is 24.3 Å². The van der Waals surface area contributed by atoms with E-state index < -0.39 is 25.3 Å². The lowest BCUT2D eigenvalue weighted by Crippen LogP contribution is -2.23. The number of nitrogens with zero attached hydrogens (tertiary/aromatic N) is 4. The Morgan fingerprint density at radius 3 is 2.24 bits per heavy atom. The summed E-state index contributed by atoms with van der Waals surface area (Å²) in [6.07, 6.45) is 2.76. The zero-order chi connectivity index (χ0) is 23.4. The molecule has 10 nitrogen and oxygen atoms in total. The maximum absolute atomic E-state index is 13.2. The largest absolute Gasteiger partial charge is 0.492 e. The van der Waals surface area contributed by atoms with Gasteiger partial charge in [-0.05, 0) is 35.4 Å². The van der Waals surface area contributed by atoms with Gasteiger partial charge in [0.05, 0.1) is 17.4 Å². The number of hydrogen-bond acceptors (Lipinski definition) is 7. The van der Waals surface area contributed by atoms with Crippen LogP contribution in [0, 0.1) is 0 Å². The van der Waals surface area contributed by atoms with E-state index in [2.05, 4.69) is 25.5 Å². The fourth-order valence-corrected chi connectivity index (χ4v) is 3.75. The molecule has 0 radical (unpaired) electrons. The van der Waals surface area contributed by atoms with Gasteiger partial charge in [-0.3, -0.25) is 9.36 Å². The quantitative estimate of drug-likeness (QED) is 0.315. The van der Waals surface area contributed by atoms with Gasteiger partial charge in [-0.1, -0.05) is 42.5 Å². The summed E-state index contributed by atoms with van der Waals surface area (Å²) in [5.74, 6) is -1.61. The lowest BCUT2D eigenvalue weighted by atomic mass is 9.90. The number of carbonyl (C=O) groups is 1. The maximum Gasteiger partial charge on any atom is 0.356 e. The molecule has 11 heteroatoms. The summed E-state index contributed by atoms with van der Waals surface area (Å²) >= 11 is 0. The van der Waals surface area contributed by atoms with Gasteiger partial charge in [-0.25, -0.2) is 4.98 Å². The van der Waals surface area contributed by atoms with Crippen LogP contribution in [0.15, 0.2) is 79.1 Å². The summed E-state index contributed by atoms with van der Waals surface area (Å²) in [6.45, 7) is 0. The minimum atomic E-state index is -4.42. The van der Waals surface area contributed by atoms with Gasteiger partial charge in [0.15, 0.2) is 5.82 Å². The van der Waals surface area contributed by atoms with Crippen LogP contribution in [-0.2, 0) is 9.36 Å². The number of benzene rings is 2. The highest BCUT2D eigenvalue weighted by atomic mass is 31.2. The Morgan fingerprint density at radius 2 is 1.64 bits per heavy atom. The zero-order valence-corrected chi connectivity index (χ0v) is 17.9. The summed E-state index contributed by atoms with van der Waals surface area (Å²) < 4.78 is 11.5. The van der Waals surface area contributed by atoms with Crippen molar-refractivity contribution >= 4 is 24.5 Å². The average molecular weight is 463 g/mol. The highest BCUT2D eigenvalue weighted by Gasteiger charge is 2.25. The molecule has 4 N–H and O–H groups in total. The van der Waals surface area contributed by atoms with E-state index in [1.165, 1.54) is 36.7 Å². The summed E-state index contributed by atoms with van der Waals surface area (Å²) in [5.41, 5.74) is 1.52. The molecule has 0 aliphatic rings. The monoisotopic (exact) mass is 463 g/mol. The van der Waals surface area contributed by atoms with Crippen molar-refractivity contribution in [2.45, 2.75) is 5.92 Å². The molecule has 1 atom stereocenters. The van der Waals surface area contributed by atoms with E-state index in [0.29, 0.717) is 16.8 Å². The second-order valence-corrected chi connectivity index (χ2v) is 8.61. The molecular weight excluding hydrogens is 445 g/mol. The second-order valence-electron chi connectivity index (χ2n) is 7.01. The van der Waals surface area contributed by atoms with Gasteiger partial charge < -0.3 is 20.2 Å². The molecule has 2 aromatic carbocycles. The van der Waals surface area contributed by atoms with Gasteiger partial charge in [-0.15, -0.1) is 5.10 Å². The summed E-state index contributed by atoms with van der Waals surface area (Å²) in [4.78, 5) is 40.1. The van der Waals surface area contributed by atoms with E-state index >= 15 is 0 Å². The molecule has 33 heavy (non-hydrogen) atoms. The van der Waals surface area contributed by atoms with Gasteiger partial charge in [-0.2, -0.15) is 10.1 Å². The Balaban J connectivity index is 1.64. The molecule has 1 unspecified atom stereocenters. The molecule has 2 aromatic heterocycles. The Bertz CT molecular complexity index is 1310. The van der Waals surface area contributed by atoms with Crippen LogP contribution in [0.25, 0.3) is 11.5 Å². The van der Waals surface area contributed by atoms with Crippen LogP contribution in [-0.4, -0.2) is 41.0 Å². The van der Waals surface area contributed by atoms with Crippen LogP contribution in [0.3, 0.4) is 0 Å². The molecule has 0 bridgehead atoms. The van der Waals surface area contributed by atoms with Crippen molar-refractivity contribution in [2.24, 2.45) is 0 Å². The Labute approximate surface area is 188 Å². The standard InChI is InChI=1S/C22H18N5O5P/c28-21-18(13-23-20(26-21)17-7-4-12-24-27-17)25-22(29)19(14-5-2-1-3-6-14)15-8-10-16(11-9-15)33(30,31)32/h1-13,19H,(H,25,29)(H,23,26,28)(H2,30,31,32). The fourth-order valence-electron chi connectivity index (χ4n) is 3.21. The average Bonchev–Trinajstić information content (AvgIpc) is 2.81. The van der Waals surface area contributed by atoms with Gasteiger partial charge >= 0.3 is 7.60 Å². The maximum atomic E-state index is 13.2. The number of anilines is 1. The third-order valence-corrected chi connectivity index (χ3v) is 5.76. The molecular formula is C22H18N5O5P. The zero-order valence-electron chi connectivity index (χ0n) is 17.0. The second kappa shape index (κ2) is 9.25. The van der Waals surface area contributed by atoms with E-state index in [1.54, 1.807) is 42.5 Å². The van der Waals surface area contributed by atoms with Crippen LogP contribution in [0.5, 0.6) is 5.88 Å². The molecule has 0 aliphatic heterocycles. The number of aromatic hydroxyl groups is 1. The Morgan fingerprint density at radius 1 is 0.939 bits per heavy atom. The third kappa shape index (κ3) is 5.09. The highest BCUT2D eigenvalue weighted by molar-refractivity contribution is 7.60. The topological polar surface area (TPSA) is 158 Å². The third-order valence-electron chi connectivity index (χ3n) is 4.79. The molecule has 0 spiro atoms. The first-order valence-corrected chi connectivity index (χ1v) is 11.3. The normalized spacial score (nSPS) is 12.2. The van der Waals surface area contributed by atoms with Gasteiger partial charge in [0, 0.05) is 6.20 Å². The summed E-state index contributed by atoms with van der Waals surface area (Å²) in [5, 5.41) is 20.5. The van der Waals surface area contributed by atoms with Crippen molar-refractivity contribution in [3.8, 4) is 17.4 Å². The minimum Gasteiger partial charge on any atom is -0.492 e. The Hall–Kier alpha value is -3.98. The van der Waals surface area contributed by atoms with E-state index in [4.69, 9.17) is 0 Å².